The van der Waals surface area contributed by atoms with Gasteiger partial charge in [0.05, 0.1) is 5.69 Å². The van der Waals surface area contributed by atoms with Crippen LogP contribution in [0.25, 0.3) is 0 Å². The zero-order chi connectivity index (χ0) is 23.2. The smallest absolute Gasteiger partial charge is 0.251 e. The van der Waals surface area contributed by atoms with Crippen LogP contribution in [0.15, 0.2) is 51.2 Å². The molecule has 4 nitrogen and oxygen atoms in total. The van der Waals surface area contributed by atoms with Crippen LogP contribution in [-0.2, 0) is 0 Å². The molecule has 176 valence electrons. The predicted octanol–water partition coefficient (Wildman–Crippen LogP) is 6.76. The molecular weight excluding hydrogens is 426 g/mol. The molecule has 0 aliphatic carbocycles. The van der Waals surface area contributed by atoms with Crippen molar-refractivity contribution in [3.05, 3.63) is 53.1 Å². The zero-order valence-corrected chi connectivity index (χ0v) is 21.1. The molecule has 5 heteroatoms. The number of rotatable bonds is 8. The molecule has 1 saturated heterocycles. The minimum atomic E-state index is -0.00154. The van der Waals surface area contributed by atoms with Crippen molar-refractivity contribution in [2.75, 3.05) is 19.6 Å². The normalized spacial score (nSPS) is 18.2. The SMILES string of the molecule is CCCC1=Nc2cc(C(=O)NCCCN3CCCC[C@@H]3CC)ccc2Sc2ccc(C)cc21. The van der Waals surface area contributed by atoms with E-state index in [2.05, 4.69) is 55.3 Å². The molecule has 0 unspecified atom stereocenters. The van der Waals surface area contributed by atoms with Crippen molar-refractivity contribution in [1.82, 2.24) is 10.2 Å². The van der Waals surface area contributed by atoms with Crippen LogP contribution in [0.1, 0.15) is 80.3 Å². The van der Waals surface area contributed by atoms with Crippen LogP contribution in [0, 0.1) is 6.92 Å². The van der Waals surface area contributed by atoms with Gasteiger partial charge >= 0.3 is 0 Å². The highest BCUT2D eigenvalue weighted by Crippen LogP contribution is 2.41. The lowest BCUT2D eigenvalue weighted by Crippen LogP contribution is -2.40. The molecule has 0 bridgehead atoms. The van der Waals surface area contributed by atoms with E-state index in [1.807, 2.05) is 12.1 Å². The van der Waals surface area contributed by atoms with Gasteiger partial charge in [0.25, 0.3) is 5.91 Å². The van der Waals surface area contributed by atoms with Crippen molar-refractivity contribution in [3.63, 3.8) is 0 Å². The Labute approximate surface area is 203 Å². The molecule has 2 aliphatic heterocycles. The van der Waals surface area contributed by atoms with Crippen LogP contribution in [-0.4, -0.2) is 42.2 Å². The van der Waals surface area contributed by atoms with Crippen LogP contribution >= 0.6 is 11.8 Å². The molecule has 0 spiro atoms. The van der Waals surface area contributed by atoms with Crippen molar-refractivity contribution in [3.8, 4) is 0 Å². The first-order valence-corrected chi connectivity index (χ1v) is 13.4. The minimum absolute atomic E-state index is 0.00154. The molecule has 33 heavy (non-hydrogen) atoms. The lowest BCUT2D eigenvalue weighted by atomic mass is 10.00. The number of nitrogens with one attached hydrogen (secondary N) is 1. The van der Waals surface area contributed by atoms with Crippen molar-refractivity contribution >= 4 is 29.1 Å². The van der Waals surface area contributed by atoms with E-state index >= 15 is 0 Å². The Morgan fingerprint density at radius 2 is 2.00 bits per heavy atom. The molecule has 4 rings (SSSR count). The van der Waals surface area contributed by atoms with Gasteiger partial charge < -0.3 is 10.2 Å². The number of piperidine rings is 1. The van der Waals surface area contributed by atoms with E-state index in [-0.39, 0.29) is 5.91 Å². The van der Waals surface area contributed by atoms with Crippen LogP contribution in [0.3, 0.4) is 0 Å². The fourth-order valence-corrected chi connectivity index (χ4v) is 5.95. The molecule has 0 aromatic heterocycles. The van der Waals surface area contributed by atoms with E-state index in [1.54, 1.807) is 11.8 Å². The topological polar surface area (TPSA) is 44.7 Å². The fraction of sp³-hybridized carbons (Fsp3) is 0.500. The first-order valence-electron chi connectivity index (χ1n) is 12.6. The first kappa shape index (κ1) is 24.0. The second kappa shape index (κ2) is 11.3. The van der Waals surface area contributed by atoms with Gasteiger partial charge in [-0.1, -0.05) is 50.1 Å². The number of fused-ring (bicyclic) bond motifs is 2. The van der Waals surface area contributed by atoms with E-state index < -0.39 is 0 Å². The molecule has 1 N–H and O–H groups in total. The number of nitrogens with zero attached hydrogens (tertiary/aromatic N) is 2. The van der Waals surface area contributed by atoms with Crippen molar-refractivity contribution in [2.24, 2.45) is 4.99 Å². The third kappa shape index (κ3) is 5.88. The lowest BCUT2D eigenvalue weighted by Gasteiger charge is -2.35. The molecular formula is C28H37N3OS. The van der Waals surface area contributed by atoms with E-state index in [4.69, 9.17) is 4.99 Å². The monoisotopic (exact) mass is 463 g/mol. The molecule has 0 saturated carbocycles. The number of carbonyl (C=O) groups is 1. The van der Waals surface area contributed by atoms with Crippen LogP contribution in [0.4, 0.5) is 5.69 Å². The van der Waals surface area contributed by atoms with Gasteiger partial charge in [0.2, 0.25) is 0 Å². The first-order chi connectivity index (χ1) is 16.1. The summed E-state index contributed by atoms with van der Waals surface area (Å²) in [5, 5.41) is 3.13. The van der Waals surface area contributed by atoms with E-state index in [0.717, 1.165) is 48.1 Å². The van der Waals surface area contributed by atoms with Crippen LogP contribution in [0.5, 0.6) is 0 Å². The molecule has 2 aliphatic rings. The third-order valence-corrected chi connectivity index (χ3v) is 7.90. The average molecular weight is 464 g/mol. The summed E-state index contributed by atoms with van der Waals surface area (Å²) in [5.41, 5.74) is 5.20. The van der Waals surface area contributed by atoms with E-state index in [1.165, 1.54) is 48.3 Å². The maximum absolute atomic E-state index is 12.9. The molecule has 1 fully saturated rings. The summed E-state index contributed by atoms with van der Waals surface area (Å²) in [4.78, 5) is 22.9. The largest absolute Gasteiger partial charge is 0.352 e. The molecule has 2 aromatic carbocycles. The van der Waals surface area contributed by atoms with Crippen LogP contribution < -0.4 is 5.32 Å². The number of aryl methyl sites for hydroxylation is 1. The standard InChI is InChI=1S/C28H37N3OS/c1-4-9-24-23-18-20(3)11-13-26(23)33-27-14-12-21(19-25(27)30-24)28(32)29-15-8-17-31-16-7-6-10-22(31)5-2/h11-14,18-19,22H,4-10,15-17H2,1-3H3,(H,29,32)/t22-/m0/s1. The van der Waals surface area contributed by atoms with Crippen molar-refractivity contribution < 1.29 is 4.79 Å². The average Bonchev–Trinajstić information content (AvgIpc) is 2.98. The second-order valence-corrected chi connectivity index (χ2v) is 10.4. The summed E-state index contributed by atoms with van der Waals surface area (Å²) in [6, 6.07) is 13.3. The van der Waals surface area contributed by atoms with Gasteiger partial charge in [0, 0.05) is 45.8 Å². The number of hydrogen-bond acceptors (Lipinski definition) is 4. The summed E-state index contributed by atoms with van der Waals surface area (Å²) in [6.45, 7) is 9.59. The minimum Gasteiger partial charge on any atom is -0.352 e. The summed E-state index contributed by atoms with van der Waals surface area (Å²) in [5.74, 6) is -0.00154. The van der Waals surface area contributed by atoms with Crippen molar-refractivity contribution in [2.45, 2.75) is 81.5 Å². The highest BCUT2D eigenvalue weighted by molar-refractivity contribution is 7.99. The summed E-state index contributed by atoms with van der Waals surface area (Å²) in [7, 11) is 0. The fourth-order valence-electron chi connectivity index (χ4n) is 4.94. The third-order valence-electron chi connectivity index (χ3n) is 6.76. The number of hydrogen-bond donors (Lipinski definition) is 1. The van der Waals surface area contributed by atoms with Gasteiger partial charge in [-0.25, -0.2) is 0 Å². The Morgan fingerprint density at radius 1 is 1.15 bits per heavy atom. The Balaban J connectivity index is 1.42. The van der Waals surface area contributed by atoms with Gasteiger partial charge in [0.15, 0.2) is 0 Å². The molecule has 1 amide bonds. The number of aliphatic imine (C=N–C) groups is 1. The zero-order valence-electron chi connectivity index (χ0n) is 20.3. The molecule has 2 heterocycles. The number of amides is 1. The van der Waals surface area contributed by atoms with Gasteiger partial charge in [0.1, 0.15) is 0 Å². The van der Waals surface area contributed by atoms with E-state index in [0.29, 0.717) is 12.1 Å². The second-order valence-electron chi connectivity index (χ2n) is 9.30. The molecule has 2 aromatic rings. The number of carbonyl (C=O) groups excluding carboxylic acids is 1. The summed E-state index contributed by atoms with van der Waals surface area (Å²) >= 11 is 1.75. The summed E-state index contributed by atoms with van der Waals surface area (Å²) < 4.78 is 0. The number of likely N-dealkylation sites (tertiary alicyclic amines) is 1. The molecule has 1 atom stereocenters. The Morgan fingerprint density at radius 3 is 2.82 bits per heavy atom. The lowest BCUT2D eigenvalue weighted by molar-refractivity contribution is 0.0947. The maximum atomic E-state index is 12.9. The van der Waals surface area contributed by atoms with Gasteiger partial charge in [-0.3, -0.25) is 9.79 Å². The molecule has 0 radical (unpaired) electrons. The van der Waals surface area contributed by atoms with Gasteiger partial charge in [-0.05, 0) is 75.9 Å². The van der Waals surface area contributed by atoms with Gasteiger partial charge in [-0.2, -0.15) is 0 Å². The highest BCUT2D eigenvalue weighted by Gasteiger charge is 2.21. The summed E-state index contributed by atoms with van der Waals surface area (Å²) in [6.07, 6.45) is 8.18. The van der Waals surface area contributed by atoms with Crippen molar-refractivity contribution in [1.29, 1.82) is 0 Å². The van der Waals surface area contributed by atoms with Gasteiger partial charge in [-0.15, -0.1) is 0 Å². The number of benzene rings is 2. The maximum Gasteiger partial charge on any atom is 0.251 e. The Kier molecular flexibility index (Phi) is 8.26. The Hall–Kier alpha value is -2.11. The quantitative estimate of drug-likeness (QED) is 0.440. The highest BCUT2D eigenvalue weighted by atomic mass is 32.2. The Bertz CT molecular complexity index is 1020. The predicted molar refractivity (Wildman–Crippen MR) is 139 cm³/mol. The van der Waals surface area contributed by atoms with E-state index in [9.17, 15) is 4.79 Å². The van der Waals surface area contributed by atoms with Crippen LogP contribution in [0.2, 0.25) is 0 Å².